The van der Waals surface area contributed by atoms with Crippen molar-refractivity contribution >= 4 is 16.9 Å². The summed E-state index contributed by atoms with van der Waals surface area (Å²) in [5, 5.41) is 4.66. The van der Waals surface area contributed by atoms with E-state index < -0.39 is 0 Å². The van der Waals surface area contributed by atoms with Gasteiger partial charge < -0.3 is 15.2 Å². The van der Waals surface area contributed by atoms with Crippen LogP contribution in [0.1, 0.15) is 33.0 Å². The molecular weight excluding hydrogens is 274 g/mol. The predicted octanol–water partition coefficient (Wildman–Crippen LogP) is 2.59. The van der Waals surface area contributed by atoms with Crippen molar-refractivity contribution < 1.29 is 0 Å². The fourth-order valence-corrected chi connectivity index (χ4v) is 4.02. The summed E-state index contributed by atoms with van der Waals surface area (Å²) in [4.78, 5) is 15.0. The molecule has 3 atom stereocenters. The van der Waals surface area contributed by atoms with Gasteiger partial charge in [0.1, 0.15) is 17.3 Å². The lowest BCUT2D eigenvalue weighted by atomic mass is 10.0. The van der Waals surface area contributed by atoms with E-state index in [-0.39, 0.29) is 7.43 Å². The number of aromatic nitrogens is 3. The maximum atomic E-state index is 4.81. The summed E-state index contributed by atoms with van der Waals surface area (Å²) in [5.74, 6) is 3.72. The first-order valence-corrected chi connectivity index (χ1v) is 8.03. The second-order valence-corrected chi connectivity index (χ2v) is 6.47. The molecule has 4 rings (SSSR count). The molecule has 1 saturated heterocycles. The first-order chi connectivity index (χ1) is 10.3. The summed E-state index contributed by atoms with van der Waals surface area (Å²) < 4.78 is 0. The fourth-order valence-electron chi connectivity index (χ4n) is 4.02. The van der Waals surface area contributed by atoms with Crippen molar-refractivity contribution in [1.29, 1.82) is 0 Å². The molecule has 0 amide bonds. The highest BCUT2D eigenvalue weighted by Crippen LogP contribution is 2.38. The third-order valence-corrected chi connectivity index (χ3v) is 5.27. The number of nitrogens with zero attached hydrogens (tertiary/aromatic N) is 3. The number of anilines is 1. The van der Waals surface area contributed by atoms with E-state index in [1.54, 1.807) is 0 Å². The summed E-state index contributed by atoms with van der Waals surface area (Å²) >= 11 is 0. The third-order valence-electron chi connectivity index (χ3n) is 5.27. The van der Waals surface area contributed by atoms with E-state index in [9.17, 15) is 0 Å². The van der Waals surface area contributed by atoms with E-state index in [0.717, 1.165) is 40.9 Å². The molecule has 0 bridgehead atoms. The van der Waals surface area contributed by atoms with E-state index in [4.69, 9.17) is 4.98 Å². The molecule has 0 radical (unpaired) electrons. The van der Waals surface area contributed by atoms with Gasteiger partial charge >= 0.3 is 0 Å². The lowest BCUT2D eigenvalue weighted by Crippen LogP contribution is -2.32. The summed E-state index contributed by atoms with van der Waals surface area (Å²) in [6, 6.07) is 2.71. The smallest absolute Gasteiger partial charge is 0.143 e. The SMILES string of the molecule is C.CCc1nc(N(C)C2C[C@H]3CNC[C@H]3C2)c2cc[nH]c2n1. The van der Waals surface area contributed by atoms with Crippen LogP contribution in [0.3, 0.4) is 0 Å². The van der Waals surface area contributed by atoms with Gasteiger partial charge in [0.2, 0.25) is 0 Å². The van der Waals surface area contributed by atoms with Gasteiger partial charge in [-0.3, -0.25) is 0 Å². The molecule has 1 saturated carbocycles. The van der Waals surface area contributed by atoms with Gasteiger partial charge in [-0.2, -0.15) is 0 Å². The van der Waals surface area contributed by atoms with Crippen molar-refractivity contribution in [3.05, 3.63) is 18.1 Å². The van der Waals surface area contributed by atoms with E-state index in [2.05, 4.69) is 40.2 Å². The van der Waals surface area contributed by atoms with Gasteiger partial charge in [0.05, 0.1) is 5.39 Å². The lowest BCUT2D eigenvalue weighted by molar-refractivity contribution is 0.494. The largest absolute Gasteiger partial charge is 0.356 e. The van der Waals surface area contributed by atoms with Crippen molar-refractivity contribution in [2.45, 2.75) is 39.7 Å². The van der Waals surface area contributed by atoms with Gasteiger partial charge in [-0.05, 0) is 43.8 Å². The molecular formula is C17H27N5. The average molecular weight is 301 g/mol. The van der Waals surface area contributed by atoms with Gasteiger partial charge in [0.15, 0.2) is 0 Å². The van der Waals surface area contributed by atoms with Gasteiger partial charge in [0, 0.05) is 25.7 Å². The third kappa shape index (κ3) is 2.37. The zero-order chi connectivity index (χ0) is 14.4. The van der Waals surface area contributed by atoms with Gasteiger partial charge in [0.25, 0.3) is 0 Å². The zero-order valence-electron chi connectivity index (χ0n) is 12.8. The Bertz CT molecular complexity index is 638. The molecule has 120 valence electrons. The van der Waals surface area contributed by atoms with Crippen LogP contribution >= 0.6 is 0 Å². The average Bonchev–Trinajstić information content (AvgIpc) is 3.19. The van der Waals surface area contributed by atoms with Crippen LogP contribution in [0, 0.1) is 11.8 Å². The summed E-state index contributed by atoms with van der Waals surface area (Å²) in [5.41, 5.74) is 0.962. The number of hydrogen-bond donors (Lipinski definition) is 2. The van der Waals surface area contributed by atoms with Gasteiger partial charge in [-0.1, -0.05) is 14.4 Å². The number of rotatable bonds is 3. The molecule has 2 N–H and O–H groups in total. The Labute approximate surface area is 132 Å². The summed E-state index contributed by atoms with van der Waals surface area (Å²) in [6.07, 6.45) is 5.40. The maximum absolute atomic E-state index is 4.81. The molecule has 2 fully saturated rings. The quantitative estimate of drug-likeness (QED) is 0.915. The highest BCUT2D eigenvalue weighted by molar-refractivity contribution is 5.87. The molecule has 22 heavy (non-hydrogen) atoms. The number of H-pyrrole nitrogens is 1. The van der Waals surface area contributed by atoms with E-state index in [1.807, 2.05) is 6.20 Å². The number of nitrogens with one attached hydrogen (secondary N) is 2. The van der Waals surface area contributed by atoms with Gasteiger partial charge in [-0.15, -0.1) is 0 Å². The normalized spacial score (nSPS) is 26.9. The van der Waals surface area contributed by atoms with E-state index in [0.29, 0.717) is 6.04 Å². The predicted molar refractivity (Wildman–Crippen MR) is 91.3 cm³/mol. The van der Waals surface area contributed by atoms with Crippen LogP contribution in [0.25, 0.3) is 11.0 Å². The van der Waals surface area contributed by atoms with E-state index >= 15 is 0 Å². The Balaban J connectivity index is 0.00000144. The highest BCUT2D eigenvalue weighted by atomic mass is 15.2. The van der Waals surface area contributed by atoms with E-state index in [1.165, 1.54) is 25.9 Å². The second kappa shape index (κ2) is 5.88. The number of hydrogen-bond acceptors (Lipinski definition) is 4. The molecule has 3 heterocycles. The Morgan fingerprint density at radius 1 is 1.23 bits per heavy atom. The second-order valence-electron chi connectivity index (χ2n) is 6.47. The lowest BCUT2D eigenvalue weighted by Gasteiger charge is -2.27. The van der Waals surface area contributed by atoms with Crippen LogP contribution in [-0.2, 0) is 6.42 Å². The van der Waals surface area contributed by atoms with Crippen molar-refractivity contribution in [3.8, 4) is 0 Å². The van der Waals surface area contributed by atoms with Crippen molar-refractivity contribution in [3.63, 3.8) is 0 Å². The molecule has 2 aromatic heterocycles. The number of aryl methyl sites for hydroxylation is 1. The van der Waals surface area contributed by atoms with Crippen LogP contribution in [0.2, 0.25) is 0 Å². The number of fused-ring (bicyclic) bond motifs is 2. The fraction of sp³-hybridized carbons (Fsp3) is 0.647. The molecule has 1 aliphatic heterocycles. The minimum Gasteiger partial charge on any atom is -0.356 e. The molecule has 0 spiro atoms. The number of aromatic amines is 1. The molecule has 1 unspecified atom stereocenters. The minimum absolute atomic E-state index is 0. The van der Waals surface area contributed by atoms with Crippen LogP contribution in [0.5, 0.6) is 0 Å². The van der Waals surface area contributed by atoms with Crippen molar-refractivity contribution in [1.82, 2.24) is 20.3 Å². The Morgan fingerprint density at radius 3 is 2.64 bits per heavy atom. The molecule has 0 aromatic carbocycles. The Hall–Kier alpha value is -1.62. The Kier molecular flexibility index (Phi) is 4.08. The zero-order valence-corrected chi connectivity index (χ0v) is 12.8. The van der Waals surface area contributed by atoms with Gasteiger partial charge in [-0.25, -0.2) is 9.97 Å². The molecule has 5 nitrogen and oxygen atoms in total. The standard InChI is InChI=1S/C16H23N5.CH4/c1-3-14-19-15-13(4-5-18-15)16(20-14)21(2)12-6-10-8-17-9-11(10)7-12;/h4-5,10-12,17H,3,6-9H2,1-2H3,(H,18,19,20);1H4/t10-,11+,12?;. The summed E-state index contributed by atoms with van der Waals surface area (Å²) in [7, 11) is 2.20. The monoisotopic (exact) mass is 301 g/mol. The molecule has 5 heteroatoms. The first kappa shape index (κ1) is 15.3. The van der Waals surface area contributed by atoms with Crippen LogP contribution in [0.4, 0.5) is 5.82 Å². The topological polar surface area (TPSA) is 56.8 Å². The van der Waals surface area contributed by atoms with Crippen molar-refractivity contribution in [2.75, 3.05) is 25.0 Å². The maximum Gasteiger partial charge on any atom is 0.143 e. The molecule has 1 aliphatic carbocycles. The minimum atomic E-state index is 0. The highest BCUT2D eigenvalue weighted by Gasteiger charge is 2.39. The first-order valence-electron chi connectivity index (χ1n) is 8.03. The summed E-state index contributed by atoms with van der Waals surface area (Å²) in [6.45, 7) is 4.50. The van der Waals surface area contributed by atoms with Crippen LogP contribution in [-0.4, -0.2) is 41.1 Å². The van der Waals surface area contributed by atoms with Crippen LogP contribution < -0.4 is 10.2 Å². The molecule has 2 aromatic rings. The Morgan fingerprint density at radius 2 is 1.95 bits per heavy atom. The van der Waals surface area contributed by atoms with Crippen molar-refractivity contribution in [2.24, 2.45) is 11.8 Å². The molecule has 2 aliphatic rings. The van der Waals surface area contributed by atoms with Crippen LogP contribution in [0.15, 0.2) is 12.3 Å².